The second-order valence-corrected chi connectivity index (χ2v) is 7.62. The van der Waals surface area contributed by atoms with Gasteiger partial charge in [0.1, 0.15) is 12.4 Å². The lowest BCUT2D eigenvalue weighted by Gasteiger charge is -2.22. The monoisotopic (exact) mass is 370 g/mol. The molecule has 5 nitrogen and oxygen atoms in total. The molecule has 0 saturated carbocycles. The summed E-state index contributed by atoms with van der Waals surface area (Å²) >= 11 is 5.67. The maximum Gasteiger partial charge on any atom is 0.245 e. The molecular weight excluding hydrogens is 355 g/mol. The number of hydrogen-bond donors (Lipinski definition) is 1. The van der Waals surface area contributed by atoms with E-state index >= 15 is 0 Å². The Labute approximate surface area is 145 Å². The van der Waals surface area contributed by atoms with Gasteiger partial charge >= 0.3 is 0 Å². The summed E-state index contributed by atoms with van der Waals surface area (Å²) in [7, 11) is -3.86. The molecule has 0 unspecified atom stereocenters. The van der Waals surface area contributed by atoms with Gasteiger partial charge in [-0.15, -0.1) is 0 Å². The minimum Gasteiger partial charge on any atom is -0.325 e. The number of benzene rings is 2. The number of carbonyl (C=O) groups is 1. The van der Waals surface area contributed by atoms with Crippen molar-refractivity contribution in [1.29, 1.82) is 0 Å². The molecule has 0 aromatic heterocycles. The summed E-state index contributed by atoms with van der Waals surface area (Å²) in [5.74, 6) is -1.41. The number of carbonyl (C=O) groups excluding carboxylic acids is 1. The van der Waals surface area contributed by atoms with Crippen LogP contribution in [-0.4, -0.2) is 27.1 Å². The SMILES string of the molecule is Cc1ccc(NC(=O)CN(c2ccc(Cl)cc2F)S(C)(=O)=O)cc1. The third kappa shape index (κ3) is 4.69. The Morgan fingerprint density at radius 3 is 2.38 bits per heavy atom. The van der Waals surface area contributed by atoms with Gasteiger partial charge in [-0.2, -0.15) is 0 Å². The van der Waals surface area contributed by atoms with E-state index in [1.165, 1.54) is 12.1 Å². The lowest BCUT2D eigenvalue weighted by molar-refractivity contribution is -0.114. The number of anilines is 2. The number of halogens is 2. The zero-order valence-corrected chi connectivity index (χ0v) is 14.7. The average molecular weight is 371 g/mol. The van der Waals surface area contributed by atoms with Crippen LogP contribution in [0.1, 0.15) is 5.56 Å². The normalized spacial score (nSPS) is 11.2. The summed E-state index contributed by atoms with van der Waals surface area (Å²) in [5.41, 5.74) is 1.31. The molecule has 2 aromatic carbocycles. The fourth-order valence-corrected chi connectivity index (χ4v) is 3.05. The molecule has 0 aliphatic carbocycles. The summed E-state index contributed by atoms with van der Waals surface area (Å²) in [6, 6.07) is 10.6. The Hall–Kier alpha value is -2.12. The van der Waals surface area contributed by atoms with Gasteiger partial charge in [-0.05, 0) is 37.3 Å². The summed E-state index contributed by atoms with van der Waals surface area (Å²) in [5, 5.41) is 2.71. The number of aryl methyl sites for hydroxylation is 1. The van der Waals surface area contributed by atoms with E-state index in [0.29, 0.717) is 9.99 Å². The molecule has 2 rings (SSSR count). The van der Waals surface area contributed by atoms with E-state index < -0.39 is 28.3 Å². The molecule has 0 bridgehead atoms. The minimum atomic E-state index is -3.86. The summed E-state index contributed by atoms with van der Waals surface area (Å²) in [6.45, 7) is 1.35. The first-order valence-electron chi connectivity index (χ1n) is 6.96. The van der Waals surface area contributed by atoms with Gasteiger partial charge in [0.2, 0.25) is 15.9 Å². The average Bonchev–Trinajstić information content (AvgIpc) is 2.47. The Morgan fingerprint density at radius 2 is 1.83 bits per heavy atom. The maximum atomic E-state index is 14.0. The highest BCUT2D eigenvalue weighted by Gasteiger charge is 2.23. The summed E-state index contributed by atoms with van der Waals surface area (Å²) in [4.78, 5) is 12.1. The molecule has 0 radical (unpaired) electrons. The van der Waals surface area contributed by atoms with Crippen LogP contribution >= 0.6 is 11.6 Å². The smallest absolute Gasteiger partial charge is 0.245 e. The van der Waals surface area contributed by atoms with E-state index in [-0.39, 0.29) is 10.7 Å². The fraction of sp³-hybridized carbons (Fsp3) is 0.188. The standard InChI is InChI=1S/C16H16ClFN2O3S/c1-11-3-6-13(7-4-11)19-16(21)10-20(24(2,22)23)15-8-5-12(17)9-14(15)18/h3-9H,10H2,1-2H3,(H,19,21). The van der Waals surface area contributed by atoms with Crippen molar-refractivity contribution in [2.75, 3.05) is 22.4 Å². The Kier molecular flexibility index (Phi) is 5.46. The molecule has 24 heavy (non-hydrogen) atoms. The predicted octanol–water partition coefficient (Wildman–Crippen LogP) is 3.19. The largest absolute Gasteiger partial charge is 0.325 e. The number of rotatable bonds is 5. The van der Waals surface area contributed by atoms with Crippen LogP contribution in [0.5, 0.6) is 0 Å². The molecule has 0 spiro atoms. The van der Waals surface area contributed by atoms with Crippen LogP contribution in [0.2, 0.25) is 5.02 Å². The first-order chi connectivity index (χ1) is 11.2. The second kappa shape index (κ2) is 7.19. The second-order valence-electron chi connectivity index (χ2n) is 5.28. The Morgan fingerprint density at radius 1 is 1.21 bits per heavy atom. The third-order valence-corrected chi connectivity index (χ3v) is 4.56. The van der Waals surface area contributed by atoms with E-state index in [9.17, 15) is 17.6 Å². The lowest BCUT2D eigenvalue weighted by Crippen LogP contribution is -2.38. The van der Waals surface area contributed by atoms with Crippen molar-refractivity contribution in [2.45, 2.75) is 6.92 Å². The van der Waals surface area contributed by atoms with Crippen molar-refractivity contribution >= 4 is 38.9 Å². The molecule has 0 saturated heterocycles. The fourth-order valence-electron chi connectivity index (χ4n) is 2.03. The number of nitrogens with one attached hydrogen (secondary N) is 1. The molecule has 0 aliphatic rings. The van der Waals surface area contributed by atoms with Gasteiger partial charge in [-0.3, -0.25) is 9.10 Å². The topological polar surface area (TPSA) is 66.5 Å². The van der Waals surface area contributed by atoms with Gasteiger partial charge in [0.25, 0.3) is 0 Å². The molecular formula is C16H16ClFN2O3S. The number of sulfonamides is 1. The molecule has 0 fully saturated rings. The van der Waals surface area contributed by atoms with E-state index in [2.05, 4.69) is 5.32 Å². The molecule has 8 heteroatoms. The summed E-state index contributed by atoms with van der Waals surface area (Å²) < 4.78 is 38.6. The highest BCUT2D eigenvalue weighted by molar-refractivity contribution is 7.92. The van der Waals surface area contributed by atoms with Crippen LogP contribution in [0.3, 0.4) is 0 Å². The van der Waals surface area contributed by atoms with Gasteiger partial charge < -0.3 is 5.32 Å². The number of amides is 1. The number of nitrogens with zero attached hydrogens (tertiary/aromatic N) is 1. The van der Waals surface area contributed by atoms with Crippen LogP contribution in [0.4, 0.5) is 15.8 Å². The van der Waals surface area contributed by atoms with E-state index in [4.69, 9.17) is 11.6 Å². The third-order valence-electron chi connectivity index (χ3n) is 3.20. The first kappa shape index (κ1) is 18.2. The van der Waals surface area contributed by atoms with Crippen LogP contribution in [0.25, 0.3) is 0 Å². The zero-order chi connectivity index (χ0) is 17.9. The first-order valence-corrected chi connectivity index (χ1v) is 9.19. The Balaban J connectivity index is 2.23. The molecule has 0 heterocycles. The van der Waals surface area contributed by atoms with Gasteiger partial charge in [-0.25, -0.2) is 12.8 Å². The zero-order valence-electron chi connectivity index (χ0n) is 13.1. The van der Waals surface area contributed by atoms with Crippen molar-refractivity contribution in [3.63, 3.8) is 0 Å². The van der Waals surface area contributed by atoms with Crippen molar-refractivity contribution in [1.82, 2.24) is 0 Å². The van der Waals surface area contributed by atoms with Gasteiger partial charge in [-0.1, -0.05) is 29.3 Å². The highest BCUT2D eigenvalue weighted by atomic mass is 35.5. The quantitative estimate of drug-likeness (QED) is 0.878. The van der Waals surface area contributed by atoms with Crippen LogP contribution in [0.15, 0.2) is 42.5 Å². The Bertz CT molecular complexity index is 854. The molecule has 128 valence electrons. The molecule has 0 aliphatic heterocycles. The summed E-state index contributed by atoms with van der Waals surface area (Å²) in [6.07, 6.45) is 0.903. The van der Waals surface area contributed by atoms with E-state index in [1.807, 2.05) is 19.1 Å². The molecule has 1 N–H and O–H groups in total. The predicted molar refractivity (Wildman–Crippen MR) is 93.4 cm³/mol. The van der Waals surface area contributed by atoms with Gasteiger partial charge in [0, 0.05) is 10.7 Å². The molecule has 0 atom stereocenters. The van der Waals surface area contributed by atoms with Crippen LogP contribution in [0, 0.1) is 12.7 Å². The number of hydrogen-bond acceptors (Lipinski definition) is 3. The van der Waals surface area contributed by atoms with Crippen molar-refractivity contribution in [3.8, 4) is 0 Å². The highest BCUT2D eigenvalue weighted by Crippen LogP contribution is 2.24. The van der Waals surface area contributed by atoms with Crippen molar-refractivity contribution < 1.29 is 17.6 Å². The van der Waals surface area contributed by atoms with Gasteiger partial charge in [0.05, 0.1) is 11.9 Å². The van der Waals surface area contributed by atoms with Crippen molar-refractivity contribution in [3.05, 3.63) is 58.9 Å². The molecule has 1 amide bonds. The van der Waals surface area contributed by atoms with Crippen LogP contribution < -0.4 is 9.62 Å². The maximum absolute atomic E-state index is 14.0. The minimum absolute atomic E-state index is 0.133. The van der Waals surface area contributed by atoms with E-state index in [1.54, 1.807) is 12.1 Å². The molecule has 2 aromatic rings. The van der Waals surface area contributed by atoms with E-state index in [0.717, 1.165) is 17.9 Å². The van der Waals surface area contributed by atoms with Crippen molar-refractivity contribution in [2.24, 2.45) is 0 Å². The lowest BCUT2D eigenvalue weighted by atomic mass is 10.2. The van der Waals surface area contributed by atoms with Crippen LogP contribution in [-0.2, 0) is 14.8 Å². The van der Waals surface area contributed by atoms with Gasteiger partial charge in [0.15, 0.2) is 0 Å².